The molecule has 1 atom stereocenters. The molecule has 1 heterocycles. The molecule has 3 rings (SSSR count). The van der Waals surface area contributed by atoms with Crippen molar-refractivity contribution in [2.45, 2.75) is 5.92 Å². The molecule has 2 aromatic carbocycles. The first-order valence-electron chi connectivity index (χ1n) is 9.36. The Morgan fingerprint density at radius 3 is 2.24 bits per heavy atom. The molecule has 2 aromatic rings. The van der Waals surface area contributed by atoms with Gasteiger partial charge in [0.2, 0.25) is 0 Å². The van der Waals surface area contributed by atoms with Crippen molar-refractivity contribution >= 4 is 33.6 Å². The molecule has 8 nitrogen and oxygen atoms in total. The Kier molecular flexibility index (Phi) is 6.80. The summed E-state index contributed by atoms with van der Waals surface area (Å²) in [5.74, 6) is -4.05. The SMILES string of the molecule is COC(=O)C1=C(C(=O)OC)N(c2c(C#N)ccc(F)c2Br)C(N)=C(C#N)C1c1ccccc1. The second-order valence-corrected chi connectivity index (χ2v) is 7.50. The van der Waals surface area contributed by atoms with Gasteiger partial charge in [0.25, 0.3) is 0 Å². The number of nitrogens with zero attached hydrogens (tertiary/aromatic N) is 3. The molecule has 0 saturated carbocycles. The van der Waals surface area contributed by atoms with Crippen LogP contribution in [0.4, 0.5) is 10.1 Å². The molecule has 0 aromatic heterocycles. The summed E-state index contributed by atoms with van der Waals surface area (Å²) >= 11 is 3.09. The minimum Gasteiger partial charge on any atom is -0.466 e. The Bertz CT molecular complexity index is 1290. The highest BCUT2D eigenvalue weighted by Crippen LogP contribution is 2.46. The van der Waals surface area contributed by atoms with Crippen molar-refractivity contribution in [2.75, 3.05) is 19.1 Å². The Morgan fingerprint density at radius 1 is 1.06 bits per heavy atom. The molecule has 0 spiro atoms. The van der Waals surface area contributed by atoms with Crippen LogP contribution >= 0.6 is 15.9 Å². The number of methoxy groups -OCH3 is 2. The van der Waals surface area contributed by atoms with Crippen LogP contribution in [0.15, 0.2) is 69.6 Å². The third-order valence-corrected chi connectivity index (χ3v) is 5.78. The number of nitrogens with two attached hydrogens (primary N) is 1. The van der Waals surface area contributed by atoms with Gasteiger partial charge in [-0.15, -0.1) is 0 Å². The third-order valence-electron chi connectivity index (χ3n) is 5.02. The van der Waals surface area contributed by atoms with Crippen molar-refractivity contribution in [3.8, 4) is 12.1 Å². The highest BCUT2D eigenvalue weighted by molar-refractivity contribution is 9.10. The fraction of sp³-hybridized carbons (Fsp3) is 0.130. The number of hydrogen-bond acceptors (Lipinski definition) is 8. The van der Waals surface area contributed by atoms with Gasteiger partial charge in [0.15, 0.2) is 0 Å². The van der Waals surface area contributed by atoms with Crippen LogP contribution in [-0.4, -0.2) is 26.2 Å². The highest BCUT2D eigenvalue weighted by Gasteiger charge is 2.44. The second-order valence-electron chi connectivity index (χ2n) is 6.70. The quantitative estimate of drug-likeness (QED) is 0.619. The summed E-state index contributed by atoms with van der Waals surface area (Å²) in [5.41, 5.74) is 5.84. The zero-order valence-electron chi connectivity index (χ0n) is 17.4. The normalized spacial score (nSPS) is 15.6. The topological polar surface area (TPSA) is 129 Å². The van der Waals surface area contributed by atoms with E-state index in [0.717, 1.165) is 25.2 Å². The van der Waals surface area contributed by atoms with Crippen LogP contribution in [0.2, 0.25) is 0 Å². The average molecular weight is 511 g/mol. The van der Waals surface area contributed by atoms with Gasteiger partial charge in [-0.05, 0) is 33.6 Å². The molecule has 0 amide bonds. The van der Waals surface area contributed by atoms with Gasteiger partial charge in [0.1, 0.15) is 23.4 Å². The minimum absolute atomic E-state index is 0.0766. The molecule has 2 N–H and O–H groups in total. The summed E-state index contributed by atoms with van der Waals surface area (Å²) in [6.07, 6.45) is 0. The highest BCUT2D eigenvalue weighted by atomic mass is 79.9. The summed E-state index contributed by atoms with van der Waals surface area (Å²) in [7, 11) is 2.20. The van der Waals surface area contributed by atoms with Crippen LogP contribution in [0.1, 0.15) is 17.0 Å². The van der Waals surface area contributed by atoms with E-state index in [9.17, 15) is 24.5 Å². The second kappa shape index (κ2) is 9.55. The monoisotopic (exact) mass is 510 g/mol. The molecule has 166 valence electrons. The molecule has 0 radical (unpaired) electrons. The van der Waals surface area contributed by atoms with Gasteiger partial charge < -0.3 is 15.2 Å². The van der Waals surface area contributed by atoms with E-state index in [1.54, 1.807) is 30.3 Å². The van der Waals surface area contributed by atoms with Gasteiger partial charge in [-0.3, -0.25) is 4.90 Å². The van der Waals surface area contributed by atoms with Crippen LogP contribution in [0.3, 0.4) is 0 Å². The minimum atomic E-state index is -1.08. The van der Waals surface area contributed by atoms with Crippen molar-refractivity contribution < 1.29 is 23.5 Å². The number of nitriles is 2. The van der Waals surface area contributed by atoms with Gasteiger partial charge in [-0.25, -0.2) is 14.0 Å². The Hall–Kier alpha value is -4.15. The predicted octanol–water partition coefficient (Wildman–Crippen LogP) is 3.36. The van der Waals surface area contributed by atoms with E-state index in [1.165, 1.54) is 6.07 Å². The van der Waals surface area contributed by atoms with Gasteiger partial charge in [0.05, 0.1) is 53.1 Å². The number of halogens is 2. The molecule has 0 saturated heterocycles. The fourth-order valence-electron chi connectivity index (χ4n) is 3.59. The van der Waals surface area contributed by atoms with Crippen molar-refractivity contribution in [2.24, 2.45) is 5.73 Å². The lowest BCUT2D eigenvalue weighted by molar-refractivity contribution is -0.139. The zero-order chi connectivity index (χ0) is 24.3. The Balaban J connectivity index is 2.52. The maximum absolute atomic E-state index is 14.5. The molecule has 0 bridgehead atoms. The largest absolute Gasteiger partial charge is 0.466 e. The lowest BCUT2D eigenvalue weighted by atomic mass is 9.80. The lowest BCUT2D eigenvalue weighted by Gasteiger charge is -2.36. The predicted molar refractivity (Wildman–Crippen MR) is 118 cm³/mol. The van der Waals surface area contributed by atoms with Crippen molar-refractivity contribution in [3.05, 3.63) is 86.5 Å². The van der Waals surface area contributed by atoms with E-state index in [0.29, 0.717) is 5.56 Å². The first-order valence-corrected chi connectivity index (χ1v) is 10.1. The molecular weight excluding hydrogens is 495 g/mol. The molecule has 1 aliphatic rings. The summed E-state index contributed by atoms with van der Waals surface area (Å²) in [6.45, 7) is 0. The van der Waals surface area contributed by atoms with Crippen molar-refractivity contribution in [1.29, 1.82) is 10.5 Å². The van der Waals surface area contributed by atoms with Gasteiger partial charge in [0, 0.05) is 0 Å². The molecule has 0 fully saturated rings. The van der Waals surface area contributed by atoms with Gasteiger partial charge in [-0.2, -0.15) is 10.5 Å². The van der Waals surface area contributed by atoms with E-state index in [4.69, 9.17) is 15.2 Å². The molecule has 33 heavy (non-hydrogen) atoms. The van der Waals surface area contributed by atoms with E-state index >= 15 is 0 Å². The number of anilines is 1. The maximum atomic E-state index is 14.5. The molecule has 1 aliphatic heterocycles. The smallest absolute Gasteiger partial charge is 0.355 e. The number of ether oxygens (including phenoxy) is 2. The van der Waals surface area contributed by atoms with Gasteiger partial charge >= 0.3 is 11.9 Å². The van der Waals surface area contributed by atoms with E-state index < -0.39 is 29.4 Å². The number of rotatable bonds is 4. The summed E-state index contributed by atoms with van der Waals surface area (Å²) in [5, 5.41) is 19.6. The number of hydrogen-bond donors (Lipinski definition) is 1. The van der Waals surface area contributed by atoms with Crippen LogP contribution < -0.4 is 10.6 Å². The maximum Gasteiger partial charge on any atom is 0.355 e. The number of allylic oxidation sites excluding steroid dienone is 1. The molecule has 1 unspecified atom stereocenters. The first-order chi connectivity index (χ1) is 15.8. The fourth-order valence-corrected chi connectivity index (χ4v) is 4.12. The van der Waals surface area contributed by atoms with E-state index in [-0.39, 0.29) is 32.7 Å². The number of carbonyl (C=O) groups is 2. The Morgan fingerprint density at radius 2 is 1.70 bits per heavy atom. The van der Waals surface area contributed by atoms with E-state index in [1.807, 2.05) is 12.1 Å². The summed E-state index contributed by atoms with van der Waals surface area (Å²) in [6, 6.07) is 14.6. The lowest BCUT2D eigenvalue weighted by Crippen LogP contribution is -2.41. The first kappa shape index (κ1) is 23.5. The van der Waals surface area contributed by atoms with Gasteiger partial charge in [-0.1, -0.05) is 30.3 Å². The summed E-state index contributed by atoms with van der Waals surface area (Å²) < 4.78 is 24.1. The number of benzene rings is 2. The number of esters is 2. The standard InChI is InChI=1S/C23H16BrFN4O4/c1-32-22(30)17-16(12-6-4-3-5-7-12)14(11-27)21(28)29(20(17)23(31)33-2)19-13(10-26)8-9-15(25)18(19)24/h3-9,16H,28H2,1-2H3. The molecular formula is C23H16BrFN4O4. The van der Waals surface area contributed by atoms with Crippen LogP contribution in [0, 0.1) is 28.5 Å². The Labute approximate surface area is 197 Å². The molecule has 10 heteroatoms. The van der Waals surface area contributed by atoms with E-state index in [2.05, 4.69) is 15.9 Å². The third kappa shape index (κ3) is 3.93. The van der Waals surface area contributed by atoms with Crippen LogP contribution in [-0.2, 0) is 19.1 Å². The van der Waals surface area contributed by atoms with Crippen LogP contribution in [0.25, 0.3) is 0 Å². The van der Waals surface area contributed by atoms with Crippen molar-refractivity contribution in [3.63, 3.8) is 0 Å². The number of carbonyl (C=O) groups excluding carboxylic acids is 2. The zero-order valence-corrected chi connectivity index (χ0v) is 19.0. The average Bonchev–Trinajstić information content (AvgIpc) is 2.84. The van der Waals surface area contributed by atoms with Crippen LogP contribution in [0.5, 0.6) is 0 Å². The summed E-state index contributed by atoms with van der Waals surface area (Å²) in [4.78, 5) is 27.0. The molecule has 0 aliphatic carbocycles. The van der Waals surface area contributed by atoms with Crippen molar-refractivity contribution in [1.82, 2.24) is 0 Å².